The molecule has 0 aliphatic heterocycles. The highest BCUT2D eigenvalue weighted by atomic mass is 35.5. The molecule has 0 bridgehead atoms. The molecule has 0 aliphatic rings. The molecule has 0 spiro atoms. The summed E-state index contributed by atoms with van der Waals surface area (Å²) in [5.74, 6) is 2.71. The van der Waals surface area contributed by atoms with E-state index in [-0.39, 0.29) is 0 Å². The molecule has 174 valence electrons. The monoisotopic (exact) mass is 483 g/mol. The molecular weight excluding hydrogens is 462 g/mol. The van der Waals surface area contributed by atoms with E-state index in [2.05, 4.69) is 48.0 Å². The van der Waals surface area contributed by atoms with Crippen LogP contribution in [0.3, 0.4) is 0 Å². The number of aryl methyl sites for hydroxylation is 3. The topological polar surface area (TPSA) is 101 Å². The normalized spacial score (nSPS) is 10.8. The van der Waals surface area contributed by atoms with Gasteiger partial charge >= 0.3 is 0 Å². The molecule has 9 heteroatoms. The predicted molar refractivity (Wildman–Crippen MR) is 135 cm³/mol. The quantitative estimate of drug-likeness (QED) is 0.281. The van der Waals surface area contributed by atoms with Crippen LogP contribution < -0.4 is 10.1 Å². The van der Waals surface area contributed by atoms with Gasteiger partial charge in [0, 0.05) is 40.7 Å². The summed E-state index contributed by atoms with van der Waals surface area (Å²) < 4.78 is 6.23. The van der Waals surface area contributed by atoms with Crippen LogP contribution >= 0.6 is 11.6 Å². The molecule has 0 amide bonds. The number of hydrogen-bond donors (Lipinski definition) is 2. The van der Waals surface area contributed by atoms with Gasteiger partial charge in [0.2, 0.25) is 0 Å². The van der Waals surface area contributed by atoms with Gasteiger partial charge in [-0.25, -0.2) is 15.1 Å². The van der Waals surface area contributed by atoms with Crippen molar-refractivity contribution in [3.63, 3.8) is 0 Å². The van der Waals surface area contributed by atoms with Crippen LogP contribution in [0.5, 0.6) is 11.5 Å². The van der Waals surface area contributed by atoms with Crippen LogP contribution in [0.2, 0.25) is 5.02 Å². The van der Waals surface area contributed by atoms with E-state index in [1.54, 1.807) is 6.20 Å². The Kier molecular flexibility index (Phi) is 6.63. The van der Waals surface area contributed by atoms with E-state index in [0.29, 0.717) is 22.3 Å². The fourth-order valence-corrected chi connectivity index (χ4v) is 3.83. The molecule has 2 N–H and O–H groups in total. The minimum absolute atomic E-state index is 0.638. The van der Waals surface area contributed by atoms with Crippen molar-refractivity contribution in [3.05, 3.63) is 101 Å². The van der Waals surface area contributed by atoms with Crippen molar-refractivity contribution in [3.8, 4) is 22.8 Å². The number of halogens is 1. The predicted octanol–water partition coefficient (Wildman–Crippen LogP) is 5.94. The van der Waals surface area contributed by atoms with Crippen LogP contribution in [0.25, 0.3) is 11.3 Å². The van der Waals surface area contributed by atoms with Gasteiger partial charge in [-0.1, -0.05) is 35.9 Å². The van der Waals surface area contributed by atoms with E-state index >= 15 is 0 Å². The Hall–Kier alpha value is -4.30. The lowest BCUT2D eigenvalue weighted by molar-refractivity contribution is 0.482. The molecule has 5 rings (SSSR count). The van der Waals surface area contributed by atoms with Crippen LogP contribution in [-0.4, -0.2) is 30.6 Å². The van der Waals surface area contributed by atoms with Crippen molar-refractivity contribution in [1.29, 1.82) is 0 Å². The lowest BCUT2D eigenvalue weighted by Gasteiger charge is -2.13. The van der Waals surface area contributed by atoms with Crippen molar-refractivity contribution >= 4 is 23.1 Å². The molecule has 0 radical (unpaired) electrons. The zero-order valence-corrected chi connectivity index (χ0v) is 19.7. The smallest absolute Gasteiger partial charge is 0.153 e. The Balaban J connectivity index is 1.33. The van der Waals surface area contributed by atoms with Gasteiger partial charge < -0.3 is 10.1 Å². The molecule has 0 atom stereocenters. The average Bonchev–Trinajstić information content (AvgIpc) is 3.38. The number of tetrazole rings is 1. The summed E-state index contributed by atoms with van der Waals surface area (Å²) in [6, 6.07) is 23.2. The number of ether oxygens (including phenoxy) is 1. The fraction of sp³-hybridized carbons (Fsp3) is 0.115. The number of anilines is 2. The molecule has 0 aliphatic carbocycles. The molecule has 5 aromatic rings. The number of benzene rings is 2. The number of hydrogen-bond acceptors (Lipinski definition) is 7. The number of nitrogens with one attached hydrogen (secondary N) is 2. The lowest BCUT2D eigenvalue weighted by Crippen LogP contribution is -1.98. The second-order valence-electron chi connectivity index (χ2n) is 7.96. The van der Waals surface area contributed by atoms with Crippen LogP contribution in [0.1, 0.15) is 17.1 Å². The maximum Gasteiger partial charge on any atom is 0.153 e. The van der Waals surface area contributed by atoms with E-state index in [9.17, 15) is 0 Å². The van der Waals surface area contributed by atoms with Crippen molar-refractivity contribution in [2.24, 2.45) is 0 Å². The van der Waals surface area contributed by atoms with Crippen molar-refractivity contribution < 1.29 is 4.74 Å². The van der Waals surface area contributed by atoms with Crippen molar-refractivity contribution in [1.82, 2.24) is 30.6 Å². The van der Waals surface area contributed by atoms with E-state index in [1.807, 2.05) is 67.6 Å². The largest absolute Gasteiger partial charge is 0.455 e. The zero-order chi connectivity index (χ0) is 24.0. The molecule has 0 saturated heterocycles. The fourth-order valence-electron chi connectivity index (χ4n) is 3.64. The molecule has 3 aromatic heterocycles. The lowest BCUT2D eigenvalue weighted by atomic mass is 10.1. The number of H-pyrrole nitrogens is 1. The van der Waals surface area contributed by atoms with Gasteiger partial charge in [-0.2, -0.15) is 0 Å². The van der Waals surface area contributed by atoms with Gasteiger partial charge in [0.05, 0.1) is 0 Å². The van der Waals surface area contributed by atoms with Crippen molar-refractivity contribution in [2.75, 3.05) is 5.32 Å². The highest BCUT2D eigenvalue weighted by Crippen LogP contribution is 2.34. The molecule has 0 saturated carbocycles. The Morgan fingerprint density at radius 1 is 0.971 bits per heavy atom. The molecule has 3 heterocycles. The Labute approximate surface area is 207 Å². The third-order valence-electron chi connectivity index (χ3n) is 5.29. The summed E-state index contributed by atoms with van der Waals surface area (Å²) in [4.78, 5) is 9.13. The van der Waals surface area contributed by atoms with Crippen molar-refractivity contribution in [2.45, 2.75) is 19.8 Å². The highest BCUT2D eigenvalue weighted by molar-refractivity contribution is 6.30. The van der Waals surface area contributed by atoms with Crippen LogP contribution in [0, 0.1) is 6.92 Å². The van der Waals surface area contributed by atoms with Crippen LogP contribution in [0.15, 0.2) is 79.0 Å². The molecule has 0 unspecified atom stereocenters. The number of pyridine rings is 2. The van der Waals surface area contributed by atoms with Gasteiger partial charge in [0.1, 0.15) is 23.1 Å². The number of rotatable bonds is 8. The molecule has 2 aromatic carbocycles. The first-order chi connectivity index (χ1) is 17.1. The first kappa shape index (κ1) is 22.5. The SMILES string of the molecule is Cc1ccc(Oc2ccnc(Nc3cccc(CCc4nnn[nH]4)c3)c2)c(-c2cccc(Cl)c2)n1. The standard InChI is InChI=1S/C26H22ClN7O/c1-17-8-10-23(26(29-17)19-5-3-6-20(27)15-19)35-22-12-13-28-25(16-22)30-21-7-2-4-18(14-21)9-11-24-31-33-34-32-24/h2-8,10,12-16H,9,11H2,1H3,(H,28,30)(H,31,32,33,34). The van der Waals surface area contributed by atoms with Crippen LogP contribution in [-0.2, 0) is 12.8 Å². The molecule has 8 nitrogen and oxygen atoms in total. The maximum absolute atomic E-state index is 6.23. The average molecular weight is 484 g/mol. The number of nitrogens with zero attached hydrogens (tertiary/aromatic N) is 5. The van der Waals surface area contributed by atoms with Gasteiger partial charge in [-0.05, 0) is 71.8 Å². The Morgan fingerprint density at radius 3 is 2.74 bits per heavy atom. The third-order valence-corrected chi connectivity index (χ3v) is 5.53. The third kappa shape index (κ3) is 5.80. The van der Waals surface area contributed by atoms with Gasteiger partial charge in [0.15, 0.2) is 5.75 Å². The van der Waals surface area contributed by atoms with Crippen LogP contribution in [0.4, 0.5) is 11.5 Å². The van der Waals surface area contributed by atoms with Gasteiger partial charge in [-0.15, -0.1) is 5.10 Å². The summed E-state index contributed by atoms with van der Waals surface area (Å²) >= 11 is 6.21. The maximum atomic E-state index is 6.23. The van der Waals surface area contributed by atoms with E-state index < -0.39 is 0 Å². The molecule has 35 heavy (non-hydrogen) atoms. The Morgan fingerprint density at radius 2 is 1.89 bits per heavy atom. The number of aromatic nitrogens is 6. The second-order valence-corrected chi connectivity index (χ2v) is 8.40. The van der Waals surface area contributed by atoms with E-state index in [0.717, 1.165) is 46.9 Å². The van der Waals surface area contributed by atoms with Gasteiger partial charge in [-0.3, -0.25) is 0 Å². The zero-order valence-electron chi connectivity index (χ0n) is 18.9. The first-order valence-electron chi connectivity index (χ1n) is 11.1. The summed E-state index contributed by atoms with van der Waals surface area (Å²) in [7, 11) is 0. The summed E-state index contributed by atoms with van der Waals surface area (Å²) in [5.41, 5.74) is 4.61. The van der Waals surface area contributed by atoms with E-state index in [4.69, 9.17) is 16.3 Å². The molecular formula is C26H22ClN7O. The second kappa shape index (κ2) is 10.3. The summed E-state index contributed by atoms with van der Waals surface area (Å²) in [6.45, 7) is 1.95. The highest BCUT2D eigenvalue weighted by Gasteiger charge is 2.11. The Bertz CT molecular complexity index is 1440. The van der Waals surface area contributed by atoms with Gasteiger partial charge in [0.25, 0.3) is 0 Å². The summed E-state index contributed by atoms with van der Waals surface area (Å²) in [5, 5.41) is 17.9. The van der Waals surface area contributed by atoms with E-state index in [1.165, 1.54) is 0 Å². The minimum atomic E-state index is 0.638. The number of aromatic amines is 1. The first-order valence-corrected chi connectivity index (χ1v) is 11.5. The molecule has 0 fully saturated rings. The minimum Gasteiger partial charge on any atom is -0.455 e. The summed E-state index contributed by atoms with van der Waals surface area (Å²) in [6.07, 6.45) is 3.26.